The Bertz CT molecular complexity index is 519. The zero-order valence-corrected chi connectivity index (χ0v) is 12.5. The molecule has 5 N–H and O–H groups in total. The monoisotopic (exact) mass is 284 g/mol. The van der Waals surface area contributed by atoms with Crippen LogP contribution >= 0.6 is 0 Å². The molecular weight excluding hydrogens is 260 g/mol. The first-order chi connectivity index (χ1) is 10.3. The molecule has 0 atom stereocenters. The van der Waals surface area contributed by atoms with Crippen molar-refractivity contribution >= 4 is 22.7 Å². The van der Waals surface area contributed by atoms with Gasteiger partial charge in [-0.2, -0.15) is 0 Å². The zero-order chi connectivity index (χ0) is 14.9. The van der Waals surface area contributed by atoms with Crippen molar-refractivity contribution in [2.75, 3.05) is 41.3 Å². The van der Waals surface area contributed by atoms with E-state index in [0.717, 1.165) is 48.8 Å². The van der Waals surface area contributed by atoms with Crippen LogP contribution in [0.15, 0.2) is 48.5 Å². The number of hydrogen-bond acceptors (Lipinski definition) is 4. The van der Waals surface area contributed by atoms with Crippen LogP contribution in [0.2, 0.25) is 0 Å². The molecule has 0 heterocycles. The van der Waals surface area contributed by atoms with E-state index in [-0.39, 0.29) is 0 Å². The fourth-order valence-electron chi connectivity index (χ4n) is 2.06. The lowest BCUT2D eigenvalue weighted by Crippen LogP contribution is -2.09. The van der Waals surface area contributed by atoms with Crippen LogP contribution in [-0.4, -0.2) is 19.6 Å². The number of rotatable bonds is 8. The minimum absolute atomic E-state index is 0.795. The topological polar surface area (TPSA) is 62.1 Å². The molecule has 4 nitrogen and oxygen atoms in total. The molecule has 2 aromatic carbocycles. The molecule has 0 radical (unpaired) electrons. The number of nitrogens with two attached hydrogens (primary N) is 1. The Labute approximate surface area is 126 Å². The minimum atomic E-state index is 0.795. The van der Waals surface area contributed by atoms with Gasteiger partial charge in [0.1, 0.15) is 0 Å². The van der Waals surface area contributed by atoms with Gasteiger partial charge in [0.15, 0.2) is 0 Å². The van der Waals surface area contributed by atoms with E-state index < -0.39 is 0 Å². The van der Waals surface area contributed by atoms with Crippen LogP contribution in [0.1, 0.15) is 13.3 Å². The van der Waals surface area contributed by atoms with Crippen molar-refractivity contribution in [1.29, 1.82) is 0 Å². The van der Waals surface area contributed by atoms with Crippen molar-refractivity contribution in [3.05, 3.63) is 48.5 Å². The van der Waals surface area contributed by atoms with E-state index in [9.17, 15) is 0 Å². The molecule has 0 unspecified atom stereocenters. The van der Waals surface area contributed by atoms with Crippen LogP contribution in [0.25, 0.3) is 0 Å². The Hall–Kier alpha value is -2.36. The standard InChI is InChI=1S/C17H24N4/c1-2-19-15-8-10-17(11-9-15)21-13-3-12-20-16-6-4-14(18)5-7-16/h4-11,19-21H,2-3,12-13,18H2,1H3. The first-order valence-electron chi connectivity index (χ1n) is 7.45. The Kier molecular flexibility index (Phi) is 5.76. The van der Waals surface area contributed by atoms with Gasteiger partial charge < -0.3 is 21.7 Å². The van der Waals surface area contributed by atoms with E-state index in [1.807, 2.05) is 24.3 Å². The molecule has 0 aromatic heterocycles. The molecule has 0 amide bonds. The summed E-state index contributed by atoms with van der Waals surface area (Å²) < 4.78 is 0. The third-order valence-corrected chi connectivity index (χ3v) is 3.19. The summed E-state index contributed by atoms with van der Waals surface area (Å²) >= 11 is 0. The Morgan fingerprint density at radius 2 is 1.14 bits per heavy atom. The normalized spacial score (nSPS) is 10.1. The number of anilines is 4. The van der Waals surface area contributed by atoms with E-state index in [1.165, 1.54) is 0 Å². The lowest BCUT2D eigenvalue weighted by atomic mass is 10.2. The summed E-state index contributed by atoms with van der Waals surface area (Å²) in [7, 11) is 0. The second-order valence-electron chi connectivity index (χ2n) is 4.94. The SMILES string of the molecule is CCNc1ccc(NCCCNc2ccc(N)cc2)cc1. The third kappa shape index (κ3) is 5.26. The smallest absolute Gasteiger partial charge is 0.0341 e. The van der Waals surface area contributed by atoms with Crippen LogP contribution in [0, 0.1) is 0 Å². The molecule has 0 aliphatic heterocycles. The summed E-state index contributed by atoms with van der Waals surface area (Å²) in [5.41, 5.74) is 9.88. The fraction of sp³-hybridized carbons (Fsp3) is 0.294. The summed E-state index contributed by atoms with van der Waals surface area (Å²) in [5, 5.41) is 10.1. The van der Waals surface area contributed by atoms with Gasteiger partial charge in [-0.3, -0.25) is 0 Å². The summed E-state index contributed by atoms with van der Waals surface area (Å²) in [5.74, 6) is 0. The molecule has 112 valence electrons. The molecule has 0 saturated carbocycles. The Balaban J connectivity index is 1.64. The highest BCUT2D eigenvalue weighted by atomic mass is 14.9. The zero-order valence-electron chi connectivity index (χ0n) is 12.5. The summed E-state index contributed by atoms with van der Waals surface area (Å²) in [4.78, 5) is 0. The third-order valence-electron chi connectivity index (χ3n) is 3.19. The largest absolute Gasteiger partial charge is 0.399 e. The molecule has 2 aromatic rings. The van der Waals surface area contributed by atoms with Crippen LogP contribution in [0.3, 0.4) is 0 Å². The number of hydrogen-bond donors (Lipinski definition) is 4. The van der Waals surface area contributed by atoms with E-state index >= 15 is 0 Å². The Morgan fingerprint density at radius 3 is 1.62 bits per heavy atom. The number of benzene rings is 2. The number of nitrogen functional groups attached to an aromatic ring is 1. The highest BCUT2D eigenvalue weighted by Gasteiger charge is 1.94. The van der Waals surface area contributed by atoms with Gasteiger partial charge >= 0.3 is 0 Å². The van der Waals surface area contributed by atoms with E-state index in [4.69, 9.17) is 5.73 Å². The maximum Gasteiger partial charge on any atom is 0.0341 e. The maximum absolute atomic E-state index is 5.65. The molecule has 0 spiro atoms. The molecule has 0 saturated heterocycles. The highest BCUT2D eigenvalue weighted by Crippen LogP contribution is 2.13. The first-order valence-corrected chi connectivity index (χ1v) is 7.45. The van der Waals surface area contributed by atoms with Gasteiger partial charge in [0.25, 0.3) is 0 Å². The van der Waals surface area contributed by atoms with Gasteiger partial charge in [0, 0.05) is 42.4 Å². The van der Waals surface area contributed by atoms with Gasteiger partial charge in [0.05, 0.1) is 0 Å². The Morgan fingerprint density at radius 1 is 0.714 bits per heavy atom. The van der Waals surface area contributed by atoms with Gasteiger partial charge in [-0.05, 0) is 61.9 Å². The highest BCUT2D eigenvalue weighted by molar-refractivity contribution is 5.53. The van der Waals surface area contributed by atoms with Gasteiger partial charge in [-0.15, -0.1) is 0 Å². The molecule has 21 heavy (non-hydrogen) atoms. The predicted octanol–water partition coefficient (Wildman–Crippen LogP) is 3.61. The lowest BCUT2D eigenvalue weighted by Gasteiger charge is -2.09. The maximum atomic E-state index is 5.65. The van der Waals surface area contributed by atoms with Crippen molar-refractivity contribution in [3.8, 4) is 0 Å². The molecular formula is C17H24N4. The minimum Gasteiger partial charge on any atom is -0.399 e. The molecule has 2 rings (SSSR count). The van der Waals surface area contributed by atoms with Gasteiger partial charge in [-0.25, -0.2) is 0 Å². The first kappa shape index (κ1) is 15.0. The van der Waals surface area contributed by atoms with E-state index in [2.05, 4.69) is 47.1 Å². The fourth-order valence-corrected chi connectivity index (χ4v) is 2.06. The molecule has 0 aliphatic carbocycles. The van der Waals surface area contributed by atoms with Crippen LogP contribution in [0.4, 0.5) is 22.7 Å². The second kappa shape index (κ2) is 8.04. The predicted molar refractivity (Wildman–Crippen MR) is 93.1 cm³/mol. The van der Waals surface area contributed by atoms with E-state index in [0.29, 0.717) is 0 Å². The summed E-state index contributed by atoms with van der Waals surface area (Å²) in [6.07, 6.45) is 1.05. The van der Waals surface area contributed by atoms with Crippen molar-refractivity contribution in [2.45, 2.75) is 13.3 Å². The van der Waals surface area contributed by atoms with Crippen LogP contribution in [-0.2, 0) is 0 Å². The quantitative estimate of drug-likeness (QED) is 0.442. The van der Waals surface area contributed by atoms with Gasteiger partial charge in [0.2, 0.25) is 0 Å². The molecule has 0 fully saturated rings. The second-order valence-corrected chi connectivity index (χ2v) is 4.94. The molecule has 0 aliphatic rings. The van der Waals surface area contributed by atoms with Crippen molar-refractivity contribution in [2.24, 2.45) is 0 Å². The van der Waals surface area contributed by atoms with Crippen LogP contribution < -0.4 is 21.7 Å². The summed E-state index contributed by atoms with van der Waals surface area (Å²) in [6.45, 7) is 4.93. The molecule has 4 heteroatoms. The van der Waals surface area contributed by atoms with Crippen molar-refractivity contribution in [3.63, 3.8) is 0 Å². The summed E-state index contributed by atoms with van der Waals surface area (Å²) in [6, 6.07) is 16.2. The average Bonchev–Trinajstić information content (AvgIpc) is 2.51. The number of nitrogens with one attached hydrogen (secondary N) is 3. The average molecular weight is 284 g/mol. The van der Waals surface area contributed by atoms with Crippen LogP contribution in [0.5, 0.6) is 0 Å². The van der Waals surface area contributed by atoms with E-state index in [1.54, 1.807) is 0 Å². The lowest BCUT2D eigenvalue weighted by molar-refractivity contribution is 0.909. The van der Waals surface area contributed by atoms with Crippen molar-refractivity contribution < 1.29 is 0 Å². The van der Waals surface area contributed by atoms with Crippen molar-refractivity contribution in [1.82, 2.24) is 0 Å². The van der Waals surface area contributed by atoms with Gasteiger partial charge in [-0.1, -0.05) is 0 Å². The molecule has 0 bridgehead atoms.